The molecule has 8 heteroatoms. The van der Waals surface area contributed by atoms with Crippen LogP contribution in [-0.2, 0) is 4.84 Å². The minimum Gasteiger partial charge on any atom is -0.490 e. The topological polar surface area (TPSA) is 40.0 Å². The van der Waals surface area contributed by atoms with Crippen molar-refractivity contribution in [1.29, 1.82) is 0 Å². The van der Waals surface area contributed by atoms with Crippen molar-refractivity contribution in [2.24, 2.45) is 10.6 Å². The van der Waals surface area contributed by atoms with Crippen molar-refractivity contribution < 1.29 is 14.3 Å². The third-order valence-corrected chi connectivity index (χ3v) is 4.24. The molecular formula is C18H23Cl4NO3. The van der Waals surface area contributed by atoms with Gasteiger partial charge in [-0.05, 0) is 13.0 Å². The summed E-state index contributed by atoms with van der Waals surface area (Å²) in [5, 5.41) is 4.81. The number of hydrogen-bond donors (Lipinski definition) is 0. The minimum atomic E-state index is -0.00768. The molecule has 1 aromatic rings. The van der Waals surface area contributed by atoms with Crippen LogP contribution in [0.15, 0.2) is 27.9 Å². The number of benzene rings is 1. The molecule has 0 heterocycles. The predicted molar refractivity (Wildman–Crippen MR) is 110 cm³/mol. The second kappa shape index (κ2) is 11.1. The highest BCUT2D eigenvalue weighted by molar-refractivity contribution is 6.55. The number of rotatable bonds is 9. The Bertz CT molecular complexity index is 627. The van der Waals surface area contributed by atoms with Crippen LogP contribution in [0, 0.1) is 5.41 Å². The van der Waals surface area contributed by atoms with Crippen LogP contribution in [0.3, 0.4) is 0 Å². The minimum absolute atomic E-state index is 0.00768. The molecule has 0 saturated heterocycles. The summed E-state index contributed by atoms with van der Waals surface area (Å²) >= 11 is 23.4. The van der Waals surface area contributed by atoms with Crippen molar-refractivity contribution in [3.05, 3.63) is 32.7 Å². The molecular weight excluding hydrogens is 420 g/mol. The fourth-order valence-electron chi connectivity index (χ4n) is 1.54. The molecule has 0 atom stereocenters. The summed E-state index contributed by atoms with van der Waals surface area (Å²) in [6.45, 7) is 9.23. The van der Waals surface area contributed by atoms with Gasteiger partial charge in [0.25, 0.3) is 0 Å². The molecule has 0 amide bonds. The van der Waals surface area contributed by atoms with E-state index in [2.05, 4.69) is 25.9 Å². The van der Waals surface area contributed by atoms with Gasteiger partial charge in [-0.15, -0.1) is 0 Å². The first-order valence-corrected chi connectivity index (χ1v) is 9.55. The highest BCUT2D eigenvalue weighted by atomic mass is 35.5. The van der Waals surface area contributed by atoms with E-state index in [0.29, 0.717) is 41.2 Å². The van der Waals surface area contributed by atoms with E-state index in [1.807, 2.05) is 6.92 Å². The molecule has 0 unspecified atom stereocenters. The summed E-state index contributed by atoms with van der Waals surface area (Å²) < 4.78 is 11.2. The van der Waals surface area contributed by atoms with Crippen molar-refractivity contribution in [3.8, 4) is 11.5 Å². The molecule has 0 aliphatic rings. The molecule has 0 aromatic heterocycles. The molecule has 0 aliphatic heterocycles. The molecule has 0 N–H and O–H groups in total. The van der Waals surface area contributed by atoms with Gasteiger partial charge < -0.3 is 14.3 Å². The summed E-state index contributed by atoms with van der Waals surface area (Å²) in [6.07, 6.45) is 2.16. The lowest BCUT2D eigenvalue weighted by atomic mass is 9.91. The first-order valence-electron chi connectivity index (χ1n) is 8.04. The monoisotopic (exact) mass is 441 g/mol. The van der Waals surface area contributed by atoms with E-state index in [0.717, 1.165) is 5.71 Å². The number of ether oxygens (including phenoxy) is 2. The molecule has 26 heavy (non-hydrogen) atoms. The van der Waals surface area contributed by atoms with Gasteiger partial charge >= 0.3 is 0 Å². The molecule has 0 aliphatic carbocycles. The molecule has 146 valence electrons. The number of hydrogen-bond acceptors (Lipinski definition) is 4. The van der Waals surface area contributed by atoms with E-state index in [-0.39, 0.29) is 16.5 Å². The van der Waals surface area contributed by atoms with Crippen molar-refractivity contribution in [1.82, 2.24) is 0 Å². The lowest BCUT2D eigenvalue weighted by Gasteiger charge is -2.17. The number of oxime groups is 1. The van der Waals surface area contributed by atoms with E-state index >= 15 is 0 Å². The van der Waals surface area contributed by atoms with Gasteiger partial charge in [0.05, 0.1) is 22.4 Å². The zero-order valence-corrected chi connectivity index (χ0v) is 18.3. The molecule has 1 aromatic carbocycles. The van der Waals surface area contributed by atoms with Gasteiger partial charge in [0.1, 0.15) is 23.5 Å². The van der Waals surface area contributed by atoms with Gasteiger partial charge in [-0.3, -0.25) is 0 Å². The third kappa shape index (κ3) is 8.72. The Hall–Kier alpha value is -0.810. The molecule has 0 saturated carbocycles. The first-order chi connectivity index (χ1) is 12.1. The van der Waals surface area contributed by atoms with Crippen molar-refractivity contribution >= 4 is 52.1 Å². The predicted octanol–water partition coefficient (Wildman–Crippen LogP) is 6.90. The Morgan fingerprint density at radius 1 is 1.08 bits per heavy atom. The van der Waals surface area contributed by atoms with Gasteiger partial charge in [-0.1, -0.05) is 72.3 Å². The van der Waals surface area contributed by atoms with Crippen LogP contribution in [0.5, 0.6) is 11.5 Å². The highest BCUT2D eigenvalue weighted by Crippen LogP contribution is 2.37. The maximum absolute atomic E-state index is 6.20. The van der Waals surface area contributed by atoms with Crippen LogP contribution in [0.1, 0.15) is 34.1 Å². The van der Waals surface area contributed by atoms with Crippen LogP contribution in [0.2, 0.25) is 10.0 Å². The normalized spacial score (nSPS) is 11.9. The van der Waals surface area contributed by atoms with Crippen LogP contribution in [0.25, 0.3) is 0 Å². The largest absolute Gasteiger partial charge is 0.490 e. The Labute approximate surface area is 175 Å². The Morgan fingerprint density at radius 3 is 2.23 bits per heavy atom. The van der Waals surface area contributed by atoms with E-state index in [1.165, 1.54) is 6.08 Å². The fraction of sp³-hybridized carbons (Fsp3) is 0.500. The highest BCUT2D eigenvalue weighted by Gasteiger charge is 2.14. The average Bonchev–Trinajstić information content (AvgIpc) is 2.51. The van der Waals surface area contributed by atoms with E-state index < -0.39 is 0 Å². The van der Waals surface area contributed by atoms with Gasteiger partial charge in [0.2, 0.25) is 0 Å². The third-order valence-electron chi connectivity index (χ3n) is 3.37. The Morgan fingerprint density at radius 2 is 1.69 bits per heavy atom. The second-order valence-corrected chi connectivity index (χ2v) is 8.31. The van der Waals surface area contributed by atoms with Crippen molar-refractivity contribution in [2.75, 3.05) is 19.8 Å². The maximum atomic E-state index is 6.20. The first kappa shape index (κ1) is 23.2. The summed E-state index contributed by atoms with van der Waals surface area (Å²) in [6, 6.07) is 3.23. The van der Waals surface area contributed by atoms with E-state index in [4.69, 9.17) is 60.7 Å². The fourth-order valence-corrected chi connectivity index (χ4v) is 2.24. The maximum Gasteiger partial charge on any atom is 0.156 e. The quantitative estimate of drug-likeness (QED) is 0.237. The average molecular weight is 443 g/mol. The van der Waals surface area contributed by atoms with E-state index in [1.54, 1.807) is 12.1 Å². The lowest BCUT2D eigenvalue weighted by Crippen LogP contribution is -2.17. The molecule has 0 bridgehead atoms. The standard InChI is InChI=1S/C18H23Cl4NO3/c1-12(18(2,3)4)23-26-8-5-7-25-17-14(19)10-13(11-15(17)20)24-9-6-16(21)22/h6,10-11H,5,7-9H2,1-4H3/b23-12+. The van der Waals surface area contributed by atoms with Crippen LogP contribution in [-0.4, -0.2) is 25.5 Å². The second-order valence-electron chi connectivity index (χ2n) is 6.48. The van der Waals surface area contributed by atoms with Crippen LogP contribution >= 0.6 is 46.4 Å². The zero-order valence-electron chi connectivity index (χ0n) is 15.2. The molecule has 1 rings (SSSR count). The smallest absolute Gasteiger partial charge is 0.156 e. The summed E-state index contributed by atoms with van der Waals surface area (Å²) in [5.41, 5.74) is 0.928. The van der Waals surface area contributed by atoms with Crippen molar-refractivity contribution in [2.45, 2.75) is 34.1 Å². The molecule has 0 radical (unpaired) electrons. The van der Waals surface area contributed by atoms with Gasteiger partial charge in [-0.2, -0.15) is 0 Å². The van der Waals surface area contributed by atoms with Crippen LogP contribution < -0.4 is 9.47 Å². The van der Waals surface area contributed by atoms with Gasteiger partial charge in [0.15, 0.2) is 5.75 Å². The SMILES string of the molecule is C/C(=N\OCCCOc1c(Cl)cc(OCC=C(Cl)Cl)cc1Cl)C(C)(C)C. The number of halogens is 4. The Balaban J connectivity index is 2.47. The summed E-state index contributed by atoms with van der Waals surface area (Å²) in [5.74, 6) is 0.898. The van der Waals surface area contributed by atoms with Gasteiger partial charge in [0, 0.05) is 24.0 Å². The van der Waals surface area contributed by atoms with E-state index in [9.17, 15) is 0 Å². The summed E-state index contributed by atoms with van der Waals surface area (Å²) in [4.78, 5) is 5.30. The van der Waals surface area contributed by atoms with Crippen molar-refractivity contribution in [3.63, 3.8) is 0 Å². The molecule has 0 spiro atoms. The van der Waals surface area contributed by atoms with Crippen LogP contribution in [0.4, 0.5) is 0 Å². The number of nitrogens with zero attached hydrogens (tertiary/aromatic N) is 1. The zero-order chi connectivity index (χ0) is 19.7. The molecule has 0 fully saturated rings. The van der Waals surface area contributed by atoms with Gasteiger partial charge in [-0.25, -0.2) is 0 Å². The summed E-state index contributed by atoms with van der Waals surface area (Å²) in [7, 11) is 0. The molecule has 4 nitrogen and oxygen atoms in total. The lowest BCUT2D eigenvalue weighted by molar-refractivity contribution is 0.125. The Kier molecular flexibility index (Phi) is 9.94.